The number of pyridine rings is 1. The predicted octanol–water partition coefficient (Wildman–Crippen LogP) is 3.50. The SMILES string of the molecule is Cc1cccnc1CNCc1cc(Br)cs1. The molecule has 0 radical (unpaired) electrons. The molecule has 0 saturated carbocycles. The maximum atomic E-state index is 4.35. The van der Waals surface area contributed by atoms with Crippen molar-refractivity contribution >= 4 is 27.3 Å². The number of nitrogens with one attached hydrogen (secondary N) is 1. The van der Waals surface area contributed by atoms with Crippen LogP contribution in [0.5, 0.6) is 0 Å². The highest BCUT2D eigenvalue weighted by molar-refractivity contribution is 9.10. The van der Waals surface area contributed by atoms with Crippen molar-refractivity contribution < 1.29 is 0 Å². The molecule has 2 heterocycles. The molecule has 0 saturated heterocycles. The van der Waals surface area contributed by atoms with Gasteiger partial charge in [0, 0.05) is 34.0 Å². The summed E-state index contributed by atoms with van der Waals surface area (Å²) in [7, 11) is 0. The quantitative estimate of drug-likeness (QED) is 0.934. The summed E-state index contributed by atoms with van der Waals surface area (Å²) >= 11 is 5.21. The van der Waals surface area contributed by atoms with Crippen LogP contribution in [0.4, 0.5) is 0 Å². The van der Waals surface area contributed by atoms with Gasteiger partial charge in [-0.3, -0.25) is 4.98 Å². The van der Waals surface area contributed by atoms with Crippen molar-refractivity contribution in [2.24, 2.45) is 0 Å². The van der Waals surface area contributed by atoms with E-state index in [9.17, 15) is 0 Å². The third kappa shape index (κ3) is 3.14. The van der Waals surface area contributed by atoms with E-state index < -0.39 is 0 Å². The molecule has 0 aromatic carbocycles. The van der Waals surface area contributed by atoms with Crippen molar-refractivity contribution in [1.29, 1.82) is 0 Å². The third-order valence-electron chi connectivity index (χ3n) is 2.33. The van der Waals surface area contributed by atoms with Crippen LogP contribution in [-0.4, -0.2) is 4.98 Å². The van der Waals surface area contributed by atoms with E-state index in [4.69, 9.17) is 0 Å². The van der Waals surface area contributed by atoms with Crippen molar-refractivity contribution in [3.8, 4) is 0 Å². The van der Waals surface area contributed by atoms with Crippen LogP contribution in [0.2, 0.25) is 0 Å². The van der Waals surface area contributed by atoms with Crippen molar-refractivity contribution in [2.45, 2.75) is 20.0 Å². The molecule has 0 aliphatic rings. The van der Waals surface area contributed by atoms with Gasteiger partial charge in [-0.2, -0.15) is 0 Å². The number of rotatable bonds is 4. The van der Waals surface area contributed by atoms with Crippen LogP contribution in [0, 0.1) is 6.92 Å². The summed E-state index contributed by atoms with van der Waals surface area (Å²) in [6.45, 7) is 3.81. The highest BCUT2D eigenvalue weighted by Gasteiger charge is 2.00. The van der Waals surface area contributed by atoms with E-state index in [-0.39, 0.29) is 0 Å². The van der Waals surface area contributed by atoms with Gasteiger partial charge < -0.3 is 5.32 Å². The maximum absolute atomic E-state index is 4.35. The van der Waals surface area contributed by atoms with E-state index in [0.717, 1.165) is 23.3 Å². The molecule has 2 aromatic heterocycles. The van der Waals surface area contributed by atoms with Gasteiger partial charge in [-0.15, -0.1) is 11.3 Å². The van der Waals surface area contributed by atoms with Gasteiger partial charge in [0.15, 0.2) is 0 Å². The zero-order chi connectivity index (χ0) is 11.4. The normalized spacial score (nSPS) is 10.6. The summed E-state index contributed by atoms with van der Waals surface area (Å²) < 4.78 is 1.16. The van der Waals surface area contributed by atoms with Gasteiger partial charge in [0.1, 0.15) is 0 Å². The zero-order valence-electron chi connectivity index (χ0n) is 9.03. The van der Waals surface area contributed by atoms with Gasteiger partial charge in [0.05, 0.1) is 5.69 Å². The molecule has 84 valence electrons. The molecule has 0 aliphatic heterocycles. The Morgan fingerprint density at radius 3 is 3.00 bits per heavy atom. The maximum Gasteiger partial charge on any atom is 0.0570 e. The molecule has 0 aliphatic carbocycles. The number of hydrogen-bond acceptors (Lipinski definition) is 3. The van der Waals surface area contributed by atoms with Crippen molar-refractivity contribution in [2.75, 3.05) is 0 Å². The minimum absolute atomic E-state index is 0.822. The van der Waals surface area contributed by atoms with Gasteiger partial charge >= 0.3 is 0 Å². The average Bonchev–Trinajstić information content (AvgIpc) is 2.67. The Labute approximate surface area is 108 Å². The van der Waals surface area contributed by atoms with Crippen LogP contribution in [0.1, 0.15) is 16.1 Å². The Bertz CT molecular complexity index is 468. The molecular weight excluding hydrogens is 284 g/mol. The zero-order valence-corrected chi connectivity index (χ0v) is 11.4. The Hall–Kier alpha value is -0.710. The minimum atomic E-state index is 0.822. The fraction of sp³-hybridized carbons (Fsp3) is 0.250. The molecule has 2 nitrogen and oxygen atoms in total. The lowest BCUT2D eigenvalue weighted by atomic mass is 10.2. The van der Waals surface area contributed by atoms with Crippen LogP contribution in [0.15, 0.2) is 34.2 Å². The van der Waals surface area contributed by atoms with Crippen LogP contribution >= 0.6 is 27.3 Å². The van der Waals surface area contributed by atoms with Crippen molar-refractivity contribution in [1.82, 2.24) is 10.3 Å². The minimum Gasteiger partial charge on any atom is -0.306 e. The van der Waals surface area contributed by atoms with Gasteiger partial charge in [0.25, 0.3) is 0 Å². The first kappa shape index (κ1) is 11.8. The predicted molar refractivity (Wildman–Crippen MR) is 71.5 cm³/mol. The summed E-state index contributed by atoms with van der Waals surface area (Å²) in [4.78, 5) is 5.68. The molecule has 0 amide bonds. The summed E-state index contributed by atoms with van der Waals surface area (Å²) in [6, 6.07) is 6.20. The van der Waals surface area contributed by atoms with Crippen LogP contribution in [0.25, 0.3) is 0 Å². The number of halogens is 1. The third-order valence-corrected chi connectivity index (χ3v) is 4.03. The highest BCUT2D eigenvalue weighted by Crippen LogP contribution is 2.19. The number of aryl methyl sites for hydroxylation is 1. The molecular formula is C12H13BrN2S. The topological polar surface area (TPSA) is 24.9 Å². The monoisotopic (exact) mass is 296 g/mol. The first-order valence-corrected chi connectivity index (χ1v) is 6.77. The van der Waals surface area contributed by atoms with Crippen molar-refractivity contribution in [3.05, 3.63) is 50.4 Å². The molecule has 2 rings (SSSR count). The van der Waals surface area contributed by atoms with E-state index >= 15 is 0 Å². The van der Waals surface area contributed by atoms with E-state index in [2.05, 4.69) is 50.7 Å². The second-order valence-electron chi connectivity index (χ2n) is 3.60. The van der Waals surface area contributed by atoms with Crippen LogP contribution in [0.3, 0.4) is 0 Å². The molecule has 1 N–H and O–H groups in total. The highest BCUT2D eigenvalue weighted by atomic mass is 79.9. The Morgan fingerprint density at radius 1 is 1.44 bits per heavy atom. The van der Waals surface area contributed by atoms with E-state index in [0.29, 0.717) is 0 Å². The second-order valence-corrected chi connectivity index (χ2v) is 5.51. The lowest BCUT2D eigenvalue weighted by Gasteiger charge is -2.05. The number of aromatic nitrogens is 1. The standard InChI is InChI=1S/C12H13BrN2S/c1-9-3-2-4-15-12(9)7-14-6-11-5-10(13)8-16-11/h2-5,8,14H,6-7H2,1H3. The molecule has 0 fully saturated rings. The summed E-state index contributed by atoms with van der Waals surface area (Å²) in [5.41, 5.74) is 2.36. The van der Waals surface area contributed by atoms with E-state index in [1.165, 1.54) is 10.4 Å². The first-order chi connectivity index (χ1) is 7.75. The van der Waals surface area contributed by atoms with E-state index in [1.807, 2.05) is 12.3 Å². The fourth-order valence-electron chi connectivity index (χ4n) is 1.45. The van der Waals surface area contributed by atoms with E-state index in [1.54, 1.807) is 11.3 Å². The van der Waals surface area contributed by atoms with Gasteiger partial charge in [-0.05, 0) is 40.5 Å². The molecule has 0 atom stereocenters. The summed E-state index contributed by atoms with van der Waals surface area (Å²) in [5, 5.41) is 5.50. The molecule has 0 bridgehead atoms. The molecule has 2 aromatic rings. The van der Waals surface area contributed by atoms with Crippen molar-refractivity contribution in [3.63, 3.8) is 0 Å². The molecule has 16 heavy (non-hydrogen) atoms. The van der Waals surface area contributed by atoms with Gasteiger partial charge in [-0.1, -0.05) is 6.07 Å². The Balaban J connectivity index is 1.87. The number of nitrogens with zero attached hydrogens (tertiary/aromatic N) is 1. The average molecular weight is 297 g/mol. The molecule has 0 spiro atoms. The molecule has 4 heteroatoms. The van der Waals surface area contributed by atoms with Gasteiger partial charge in [-0.25, -0.2) is 0 Å². The fourth-order valence-corrected chi connectivity index (χ4v) is 2.87. The second kappa shape index (κ2) is 5.57. The summed E-state index contributed by atoms with van der Waals surface area (Å²) in [6.07, 6.45) is 1.84. The lowest BCUT2D eigenvalue weighted by Crippen LogP contribution is -2.13. The smallest absolute Gasteiger partial charge is 0.0570 e. The number of hydrogen-bond donors (Lipinski definition) is 1. The Kier molecular flexibility index (Phi) is 4.09. The van der Waals surface area contributed by atoms with Crippen LogP contribution < -0.4 is 5.32 Å². The van der Waals surface area contributed by atoms with Crippen LogP contribution in [-0.2, 0) is 13.1 Å². The number of thiophene rings is 1. The molecule has 0 unspecified atom stereocenters. The lowest BCUT2D eigenvalue weighted by molar-refractivity contribution is 0.683. The summed E-state index contributed by atoms with van der Waals surface area (Å²) in [5.74, 6) is 0. The van der Waals surface area contributed by atoms with Gasteiger partial charge in [0.2, 0.25) is 0 Å². The first-order valence-electron chi connectivity index (χ1n) is 5.10. The Morgan fingerprint density at radius 2 is 2.31 bits per heavy atom. The largest absolute Gasteiger partial charge is 0.306 e.